The van der Waals surface area contributed by atoms with Crippen molar-refractivity contribution in [2.75, 3.05) is 13.2 Å². The number of carbonyl (C=O) groups is 16. The van der Waals surface area contributed by atoms with Crippen molar-refractivity contribution < 1.29 is 176 Å². The van der Waals surface area contributed by atoms with Gasteiger partial charge in [0.15, 0.2) is 73.2 Å². The van der Waals surface area contributed by atoms with Crippen molar-refractivity contribution in [2.24, 2.45) is 11.8 Å². The van der Waals surface area contributed by atoms with Gasteiger partial charge in [0.25, 0.3) is 0 Å². The Balaban J connectivity index is 1.49. The second kappa shape index (κ2) is 36.4. The predicted octanol–water partition coefficient (Wildman–Crippen LogP) is 0.416. The first-order chi connectivity index (χ1) is 46.6. The topological polar surface area (TPSA) is 467 Å². The maximum absolute atomic E-state index is 14.7. The molecule has 4 aliphatic heterocycles. The highest BCUT2D eigenvalue weighted by molar-refractivity contribution is 5.79. The van der Waals surface area contributed by atoms with Crippen molar-refractivity contribution in [3.63, 3.8) is 0 Å². The quantitative estimate of drug-likeness (QED) is 0.0933. The van der Waals surface area contributed by atoms with Gasteiger partial charge in [0.1, 0.15) is 25.4 Å². The van der Waals surface area contributed by atoms with Crippen LogP contribution in [0.3, 0.4) is 0 Å². The molecule has 0 unspecified atom stereocenters. The summed E-state index contributed by atoms with van der Waals surface area (Å²) in [4.78, 5) is 212. The lowest BCUT2D eigenvalue weighted by Gasteiger charge is -2.48. The second-order valence-electron chi connectivity index (χ2n) is 23.8. The number of esters is 16. The maximum atomic E-state index is 14.7. The normalized spacial score (nSPS) is 31.6. The summed E-state index contributed by atoms with van der Waals surface area (Å²) in [5.41, 5.74) is 0. The third kappa shape index (κ3) is 22.7. The standard InChI is InChI=1S/C62H82O37/c1-25(63)81-43-41(95-55(75)37-19-15-13-16-20-37)39(23-79-57(77)49-45(83-27(3)65)47(85-29(5)67)53(89-33(9)71)59(97-49)91-35(11)73)93-61(51(43)87-31(7)69)99-62-52(88-32(8)70)44(82-26(2)64)42(96-56(76)38-21-17-14-18-22-38)40(94-62)24-80-58(78)50-46(84-28(4)66)48(86-30(6)68)54(90-34(10)72)60(98-50)92-36(12)74/h37-54,59-62H,13-24H2,1-12H3/t39-,40-,41-,42-,43+,44+,45+,46+,47+,48+,49+,50+,51-,52-,53-,54-,59-,60-,61-,62-/m1/s1. The van der Waals surface area contributed by atoms with Gasteiger partial charge in [0, 0.05) is 83.1 Å². The molecule has 2 aliphatic carbocycles. The largest absolute Gasteiger partial charge is 0.461 e. The predicted molar refractivity (Wildman–Crippen MR) is 310 cm³/mol. The zero-order chi connectivity index (χ0) is 73.3. The molecule has 4 heterocycles. The monoisotopic (exact) mass is 1420 g/mol. The van der Waals surface area contributed by atoms with Crippen molar-refractivity contribution in [1.29, 1.82) is 0 Å². The average Bonchev–Trinajstić information content (AvgIpc) is 0.782. The first-order valence-corrected chi connectivity index (χ1v) is 31.7. The van der Waals surface area contributed by atoms with Gasteiger partial charge in [-0.3, -0.25) is 67.1 Å². The maximum Gasteiger partial charge on any atom is 0.339 e. The zero-order valence-electron chi connectivity index (χ0n) is 56.3. The van der Waals surface area contributed by atoms with E-state index in [0.717, 1.165) is 95.9 Å². The molecule has 0 spiro atoms. The van der Waals surface area contributed by atoms with Gasteiger partial charge < -0.3 is 99.5 Å². The van der Waals surface area contributed by atoms with Crippen molar-refractivity contribution in [3.8, 4) is 0 Å². The fraction of sp³-hybridized carbons (Fsp3) is 0.742. The van der Waals surface area contributed by atoms with E-state index in [1.165, 1.54) is 0 Å². The van der Waals surface area contributed by atoms with E-state index < -0.39 is 243 Å². The molecule has 0 aromatic heterocycles. The van der Waals surface area contributed by atoms with Crippen LogP contribution in [0.2, 0.25) is 0 Å². The molecule has 37 nitrogen and oxygen atoms in total. The molecule has 2 saturated carbocycles. The molecule has 0 aromatic rings. The van der Waals surface area contributed by atoms with Crippen LogP contribution >= 0.6 is 0 Å². The molecule has 6 rings (SSSR count). The van der Waals surface area contributed by atoms with Gasteiger partial charge in [-0.15, -0.1) is 0 Å². The number of carbonyl (C=O) groups excluding carboxylic acids is 16. The number of rotatable bonds is 24. The Labute approximate surface area is 565 Å². The molecule has 0 aromatic carbocycles. The lowest BCUT2D eigenvalue weighted by atomic mass is 9.89. The van der Waals surface area contributed by atoms with Crippen LogP contribution in [-0.4, -0.2) is 232 Å². The van der Waals surface area contributed by atoms with E-state index in [9.17, 15) is 76.7 Å². The summed E-state index contributed by atoms with van der Waals surface area (Å²) in [6.45, 7) is 8.36. The van der Waals surface area contributed by atoms with Crippen LogP contribution in [0.15, 0.2) is 0 Å². The number of hydrogen-bond acceptors (Lipinski definition) is 37. The summed E-state index contributed by atoms with van der Waals surface area (Å²) in [5.74, 6) is -19.9. The van der Waals surface area contributed by atoms with Gasteiger partial charge in [-0.1, -0.05) is 38.5 Å². The Hall–Kier alpha value is -8.68. The van der Waals surface area contributed by atoms with Crippen LogP contribution in [0.1, 0.15) is 147 Å². The molecule has 0 radical (unpaired) electrons. The van der Waals surface area contributed by atoms with Crippen molar-refractivity contribution >= 4 is 95.5 Å². The van der Waals surface area contributed by atoms with Crippen molar-refractivity contribution in [1.82, 2.24) is 0 Å². The fourth-order valence-corrected chi connectivity index (χ4v) is 12.0. The summed E-state index contributed by atoms with van der Waals surface area (Å²) < 4.78 is 120. The molecule has 0 N–H and O–H groups in total. The molecule has 4 saturated heterocycles. The van der Waals surface area contributed by atoms with E-state index in [1.54, 1.807) is 0 Å². The summed E-state index contributed by atoms with van der Waals surface area (Å²) in [6.07, 6.45) is -36.9. The summed E-state index contributed by atoms with van der Waals surface area (Å²) in [7, 11) is 0. The van der Waals surface area contributed by atoms with Gasteiger partial charge in [-0.25, -0.2) is 9.59 Å². The summed E-state index contributed by atoms with van der Waals surface area (Å²) >= 11 is 0. The summed E-state index contributed by atoms with van der Waals surface area (Å²) in [6, 6.07) is 0. The number of ether oxygens (including phenoxy) is 21. The Kier molecular flexibility index (Phi) is 29.2. The Bertz CT molecular complexity index is 2790. The second-order valence-corrected chi connectivity index (χ2v) is 23.8. The minimum Gasteiger partial charge on any atom is -0.461 e. The Morgan fingerprint density at radius 1 is 0.242 bits per heavy atom. The van der Waals surface area contributed by atoms with E-state index in [1.807, 2.05) is 0 Å². The molecule has 0 amide bonds. The highest BCUT2D eigenvalue weighted by atomic mass is 16.8. The first-order valence-electron chi connectivity index (χ1n) is 31.7. The lowest BCUT2D eigenvalue weighted by molar-refractivity contribution is -0.378. The van der Waals surface area contributed by atoms with E-state index in [0.29, 0.717) is 51.4 Å². The smallest absolute Gasteiger partial charge is 0.339 e. The minimum absolute atomic E-state index is 0.301. The number of hydrogen-bond donors (Lipinski definition) is 0. The SMILES string of the molecule is CC(=O)O[C@@H]1O[C@H](C(=O)OC[C@H]2O[C@H](O[C@H]3O[C@H](COC(=O)[C@H]4O[C@@H](OC(C)=O)[C@H](OC(C)=O)[C@@H](OC(C)=O)[C@@H]4OC(C)=O)[C@@H](OC(=O)C4CCCCC4)[C@H](OC(C)=O)[C@H]3OC(C)=O)[C@H](OC(C)=O)[C@@H](OC(C)=O)[C@@H]2OC(=O)C2CCCCC2)[C@@H](OC(C)=O)[C@H](OC(C)=O)[C@H]1OC(C)=O. The van der Waals surface area contributed by atoms with E-state index in [2.05, 4.69) is 0 Å². The molecule has 552 valence electrons. The van der Waals surface area contributed by atoms with Crippen LogP contribution in [-0.2, 0) is 176 Å². The van der Waals surface area contributed by atoms with Crippen LogP contribution in [0.4, 0.5) is 0 Å². The Morgan fingerprint density at radius 2 is 0.475 bits per heavy atom. The van der Waals surface area contributed by atoms with Gasteiger partial charge in [-0.2, -0.15) is 0 Å². The van der Waals surface area contributed by atoms with Gasteiger partial charge >= 0.3 is 95.5 Å². The highest BCUT2D eigenvalue weighted by Crippen LogP contribution is 2.39. The van der Waals surface area contributed by atoms with Crippen molar-refractivity contribution in [2.45, 2.75) is 270 Å². The van der Waals surface area contributed by atoms with Crippen LogP contribution in [0.5, 0.6) is 0 Å². The van der Waals surface area contributed by atoms with Crippen LogP contribution in [0.25, 0.3) is 0 Å². The molecule has 20 atom stereocenters. The van der Waals surface area contributed by atoms with Gasteiger partial charge in [-0.05, 0) is 25.7 Å². The van der Waals surface area contributed by atoms with Crippen LogP contribution < -0.4 is 0 Å². The highest BCUT2D eigenvalue weighted by Gasteiger charge is 2.62. The third-order valence-corrected chi connectivity index (χ3v) is 15.7. The first kappa shape index (κ1) is 79.3. The lowest BCUT2D eigenvalue weighted by Crippen LogP contribution is -2.67. The van der Waals surface area contributed by atoms with Gasteiger partial charge in [0.2, 0.25) is 37.4 Å². The van der Waals surface area contributed by atoms with Crippen LogP contribution in [0, 0.1) is 11.8 Å². The van der Waals surface area contributed by atoms with Gasteiger partial charge in [0.05, 0.1) is 11.8 Å². The average molecular weight is 1420 g/mol. The molecule has 6 aliphatic rings. The molecule has 37 heteroatoms. The fourth-order valence-electron chi connectivity index (χ4n) is 12.0. The zero-order valence-corrected chi connectivity index (χ0v) is 56.3. The summed E-state index contributed by atoms with van der Waals surface area (Å²) in [5, 5.41) is 0. The van der Waals surface area contributed by atoms with E-state index in [4.69, 9.17) is 99.5 Å². The Morgan fingerprint density at radius 3 is 0.737 bits per heavy atom. The molecule has 6 fully saturated rings. The molecular formula is C62H82O37. The molecular weight excluding hydrogens is 1340 g/mol. The molecule has 0 bridgehead atoms. The minimum atomic E-state index is -2.34. The van der Waals surface area contributed by atoms with E-state index >= 15 is 0 Å². The van der Waals surface area contributed by atoms with E-state index in [-0.39, 0.29) is 0 Å². The third-order valence-electron chi connectivity index (χ3n) is 15.7. The molecule has 99 heavy (non-hydrogen) atoms. The van der Waals surface area contributed by atoms with Crippen molar-refractivity contribution in [3.05, 3.63) is 0 Å².